The van der Waals surface area contributed by atoms with Crippen molar-refractivity contribution in [3.8, 4) is 17.1 Å². The van der Waals surface area contributed by atoms with Crippen molar-refractivity contribution in [2.24, 2.45) is 0 Å². The van der Waals surface area contributed by atoms with Gasteiger partial charge in [-0.25, -0.2) is 0 Å². The summed E-state index contributed by atoms with van der Waals surface area (Å²) < 4.78 is 2.05. The van der Waals surface area contributed by atoms with E-state index in [9.17, 15) is 4.79 Å². The van der Waals surface area contributed by atoms with Gasteiger partial charge in [0.1, 0.15) is 0 Å². The molecule has 0 aliphatic carbocycles. The summed E-state index contributed by atoms with van der Waals surface area (Å²) >= 11 is 1.40. The third kappa shape index (κ3) is 5.04. The van der Waals surface area contributed by atoms with Gasteiger partial charge in [-0.15, -0.1) is 10.2 Å². The summed E-state index contributed by atoms with van der Waals surface area (Å²) in [7, 11) is 0. The number of aromatic nitrogens is 4. The second-order valence-corrected chi connectivity index (χ2v) is 9.52. The molecule has 4 aromatic rings. The number of amides is 1. The molecule has 0 N–H and O–H groups in total. The molecule has 0 atom stereocenters. The number of pyridine rings is 1. The molecule has 1 amide bonds. The lowest BCUT2D eigenvalue weighted by atomic mass is 10.0. The summed E-state index contributed by atoms with van der Waals surface area (Å²) in [5, 5.41) is 9.68. The van der Waals surface area contributed by atoms with Gasteiger partial charge in [0.2, 0.25) is 5.91 Å². The molecule has 0 radical (unpaired) electrons. The summed E-state index contributed by atoms with van der Waals surface area (Å²) in [6, 6.07) is 22.0. The number of benzene rings is 2. The minimum absolute atomic E-state index is 0.0285. The van der Waals surface area contributed by atoms with Gasteiger partial charge in [-0.3, -0.25) is 14.3 Å². The lowest BCUT2D eigenvalue weighted by Gasteiger charge is -2.26. The fraction of sp³-hybridized carbons (Fsp3) is 0.259. The zero-order valence-corrected chi connectivity index (χ0v) is 20.7. The minimum atomic E-state index is 0.0285. The minimum Gasteiger partial charge on any atom is -0.309 e. The van der Waals surface area contributed by atoms with Gasteiger partial charge < -0.3 is 4.90 Å². The van der Waals surface area contributed by atoms with Crippen LogP contribution >= 0.6 is 11.8 Å². The van der Waals surface area contributed by atoms with E-state index < -0.39 is 0 Å². The largest absolute Gasteiger partial charge is 0.309 e. The van der Waals surface area contributed by atoms with Crippen molar-refractivity contribution in [1.82, 2.24) is 19.7 Å². The number of hydrogen-bond acceptors (Lipinski definition) is 5. The summed E-state index contributed by atoms with van der Waals surface area (Å²) in [5.41, 5.74) is 3.97. The van der Waals surface area contributed by atoms with Gasteiger partial charge >= 0.3 is 0 Å². The SMILES string of the molecule is CC(C)c1ccccc1-n1c(SCC(=O)N(c2ccccc2)C(C)C)nnc1-c1cccnc1. The Morgan fingerprint density at radius 2 is 1.68 bits per heavy atom. The molecule has 174 valence electrons. The Bertz CT molecular complexity index is 1240. The normalized spacial score (nSPS) is 11.2. The van der Waals surface area contributed by atoms with Gasteiger partial charge in [0, 0.05) is 29.7 Å². The first kappa shape index (κ1) is 23.7. The summed E-state index contributed by atoms with van der Waals surface area (Å²) in [6.07, 6.45) is 3.53. The van der Waals surface area contributed by atoms with Crippen molar-refractivity contribution in [3.05, 3.63) is 84.7 Å². The molecule has 0 spiro atoms. The maximum Gasteiger partial charge on any atom is 0.237 e. The molecule has 0 fully saturated rings. The molecule has 34 heavy (non-hydrogen) atoms. The molecule has 4 rings (SSSR count). The first-order chi connectivity index (χ1) is 16.5. The lowest BCUT2D eigenvalue weighted by Crippen LogP contribution is -2.38. The first-order valence-corrected chi connectivity index (χ1v) is 12.4. The van der Waals surface area contributed by atoms with Gasteiger partial charge in [-0.1, -0.05) is 62.0 Å². The highest BCUT2D eigenvalue weighted by atomic mass is 32.2. The third-order valence-electron chi connectivity index (χ3n) is 5.50. The second-order valence-electron chi connectivity index (χ2n) is 8.58. The molecule has 6 nitrogen and oxygen atoms in total. The number of rotatable bonds is 8. The summed E-state index contributed by atoms with van der Waals surface area (Å²) in [6.45, 7) is 8.39. The molecule has 0 unspecified atom stereocenters. The molecule has 2 aromatic carbocycles. The van der Waals surface area contributed by atoms with Crippen molar-refractivity contribution in [2.75, 3.05) is 10.7 Å². The Morgan fingerprint density at radius 1 is 0.941 bits per heavy atom. The number of carbonyl (C=O) groups excluding carboxylic acids is 1. The molecule has 2 aromatic heterocycles. The van der Waals surface area contributed by atoms with Crippen molar-refractivity contribution in [2.45, 2.75) is 44.8 Å². The van der Waals surface area contributed by atoms with Crippen molar-refractivity contribution in [1.29, 1.82) is 0 Å². The number of para-hydroxylation sites is 2. The van der Waals surface area contributed by atoms with E-state index in [4.69, 9.17) is 0 Å². The van der Waals surface area contributed by atoms with Crippen LogP contribution in [-0.4, -0.2) is 37.5 Å². The molecule has 2 heterocycles. The molecule has 7 heteroatoms. The van der Waals surface area contributed by atoms with E-state index in [0.717, 1.165) is 16.9 Å². The van der Waals surface area contributed by atoms with Crippen LogP contribution in [0.1, 0.15) is 39.2 Å². The molecule has 0 aliphatic heterocycles. The van der Waals surface area contributed by atoms with Gasteiger partial charge in [-0.2, -0.15) is 0 Å². The Hall–Kier alpha value is -3.45. The van der Waals surface area contributed by atoms with Gasteiger partial charge in [0.05, 0.1) is 11.4 Å². The smallest absolute Gasteiger partial charge is 0.237 e. The van der Waals surface area contributed by atoms with Crippen LogP contribution in [0.3, 0.4) is 0 Å². The topological polar surface area (TPSA) is 63.9 Å². The number of nitrogens with zero attached hydrogens (tertiary/aromatic N) is 5. The van der Waals surface area contributed by atoms with Crippen molar-refractivity contribution in [3.63, 3.8) is 0 Å². The Kier molecular flexibility index (Phi) is 7.43. The van der Waals surface area contributed by atoms with Crippen LogP contribution < -0.4 is 4.90 Å². The first-order valence-electron chi connectivity index (χ1n) is 11.4. The van der Waals surface area contributed by atoms with Crippen LogP contribution in [0.4, 0.5) is 5.69 Å². The average Bonchev–Trinajstić information content (AvgIpc) is 3.27. The van der Waals surface area contributed by atoms with Crippen LogP contribution in [0.5, 0.6) is 0 Å². The van der Waals surface area contributed by atoms with Crippen LogP contribution in [0.15, 0.2) is 84.3 Å². The zero-order chi connectivity index (χ0) is 24.1. The molecule has 0 aliphatic rings. The molecule has 0 saturated heterocycles. The third-order valence-corrected chi connectivity index (χ3v) is 6.41. The van der Waals surface area contributed by atoms with Crippen LogP contribution in [-0.2, 0) is 4.79 Å². The monoisotopic (exact) mass is 471 g/mol. The lowest BCUT2D eigenvalue weighted by molar-refractivity contribution is -0.116. The summed E-state index contributed by atoms with van der Waals surface area (Å²) in [4.78, 5) is 19.4. The highest BCUT2D eigenvalue weighted by Gasteiger charge is 2.23. The standard InChI is InChI=1S/C27H29N5OS/c1-19(2)23-14-8-9-15-24(23)32-26(21-11-10-16-28-17-21)29-30-27(32)34-18-25(33)31(20(3)4)22-12-6-5-7-13-22/h5-17,19-20H,18H2,1-4H3. The van der Waals surface area contributed by atoms with E-state index in [-0.39, 0.29) is 17.7 Å². The Morgan fingerprint density at radius 3 is 2.35 bits per heavy atom. The number of hydrogen-bond donors (Lipinski definition) is 0. The van der Waals surface area contributed by atoms with E-state index in [0.29, 0.717) is 16.9 Å². The number of carbonyl (C=O) groups is 1. The maximum atomic E-state index is 13.3. The van der Waals surface area contributed by atoms with Crippen molar-refractivity contribution >= 4 is 23.4 Å². The predicted octanol–water partition coefficient (Wildman–Crippen LogP) is 5.99. The fourth-order valence-electron chi connectivity index (χ4n) is 3.96. The maximum absolute atomic E-state index is 13.3. The van der Waals surface area contributed by atoms with Gasteiger partial charge in [0.15, 0.2) is 11.0 Å². The zero-order valence-electron chi connectivity index (χ0n) is 19.9. The van der Waals surface area contributed by atoms with Crippen LogP contribution in [0.25, 0.3) is 17.1 Å². The molecule has 0 bridgehead atoms. The van der Waals surface area contributed by atoms with Crippen LogP contribution in [0, 0.1) is 0 Å². The molecule has 0 saturated carbocycles. The summed E-state index contributed by atoms with van der Waals surface area (Å²) in [5.74, 6) is 1.30. The van der Waals surface area contributed by atoms with Crippen LogP contribution in [0.2, 0.25) is 0 Å². The highest BCUT2D eigenvalue weighted by molar-refractivity contribution is 7.99. The van der Waals surface area contributed by atoms with E-state index >= 15 is 0 Å². The van der Waals surface area contributed by atoms with Crippen molar-refractivity contribution < 1.29 is 4.79 Å². The highest BCUT2D eigenvalue weighted by Crippen LogP contribution is 2.32. The average molecular weight is 472 g/mol. The van der Waals surface area contributed by atoms with E-state index in [2.05, 4.69) is 41.2 Å². The quantitative estimate of drug-likeness (QED) is 0.296. The van der Waals surface area contributed by atoms with E-state index in [1.807, 2.05) is 77.9 Å². The van der Waals surface area contributed by atoms with Gasteiger partial charge in [-0.05, 0) is 55.7 Å². The Labute approximate surface area is 205 Å². The number of thioether (sulfide) groups is 1. The Balaban J connectivity index is 1.71. The van der Waals surface area contributed by atoms with E-state index in [1.54, 1.807) is 12.4 Å². The van der Waals surface area contributed by atoms with Gasteiger partial charge in [0.25, 0.3) is 0 Å². The predicted molar refractivity (Wildman–Crippen MR) is 138 cm³/mol. The molecular formula is C27H29N5OS. The fourth-order valence-corrected chi connectivity index (χ4v) is 4.76. The molecular weight excluding hydrogens is 442 g/mol. The number of anilines is 1. The van der Waals surface area contributed by atoms with E-state index in [1.165, 1.54) is 17.3 Å². The second kappa shape index (κ2) is 10.7.